The average Bonchev–Trinajstić information content (AvgIpc) is 2.81. The van der Waals surface area contributed by atoms with Gasteiger partial charge in [0, 0.05) is 18.8 Å². The second-order valence-electron chi connectivity index (χ2n) is 4.60. The molecular formula is C12H16N4O. The summed E-state index contributed by atoms with van der Waals surface area (Å²) < 4.78 is 0. The molecule has 3 rings (SSSR count). The van der Waals surface area contributed by atoms with Gasteiger partial charge in [-0.15, -0.1) is 0 Å². The van der Waals surface area contributed by atoms with Crippen LogP contribution in [0.2, 0.25) is 0 Å². The molecule has 0 bridgehead atoms. The zero-order chi connectivity index (χ0) is 11.7. The Morgan fingerprint density at radius 3 is 3.29 bits per heavy atom. The van der Waals surface area contributed by atoms with Gasteiger partial charge in [0.25, 0.3) is 0 Å². The molecule has 3 heterocycles. The number of anilines is 2. The standard InChI is InChI=1S/C12H16N4O/c17-11-8-16(7-9-3-1-5-13-9)12-10(15-11)4-2-6-14-12/h2,4,6,9,13H,1,3,5,7-8H2,(H,15,17). The zero-order valence-corrected chi connectivity index (χ0v) is 9.65. The van der Waals surface area contributed by atoms with E-state index in [4.69, 9.17) is 0 Å². The molecule has 5 nitrogen and oxygen atoms in total. The number of pyridine rings is 1. The summed E-state index contributed by atoms with van der Waals surface area (Å²) >= 11 is 0. The Hall–Kier alpha value is -1.62. The summed E-state index contributed by atoms with van der Waals surface area (Å²) in [5.41, 5.74) is 0.821. The Labute approximate surface area is 100 Å². The van der Waals surface area contributed by atoms with Crippen molar-refractivity contribution in [3.8, 4) is 0 Å². The van der Waals surface area contributed by atoms with Crippen molar-refractivity contribution in [3.63, 3.8) is 0 Å². The van der Waals surface area contributed by atoms with Crippen molar-refractivity contribution >= 4 is 17.4 Å². The van der Waals surface area contributed by atoms with E-state index in [-0.39, 0.29) is 5.91 Å². The van der Waals surface area contributed by atoms with Crippen LogP contribution in [0.1, 0.15) is 12.8 Å². The highest BCUT2D eigenvalue weighted by atomic mass is 16.2. The van der Waals surface area contributed by atoms with Crippen LogP contribution in [0, 0.1) is 0 Å². The van der Waals surface area contributed by atoms with Gasteiger partial charge in [-0.1, -0.05) is 0 Å². The number of aromatic nitrogens is 1. The van der Waals surface area contributed by atoms with Gasteiger partial charge in [0.1, 0.15) is 0 Å². The van der Waals surface area contributed by atoms with Crippen LogP contribution in [0.25, 0.3) is 0 Å². The van der Waals surface area contributed by atoms with Gasteiger partial charge in [-0.25, -0.2) is 4.98 Å². The first kappa shape index (κ1) is 10.5. The first-order valence-electron chi connectivity index (χ1n) is 6.06. The number of hydrogen-bond donors (Lipinski definition) is 2. The number of carbonyl (C=O) groups excluding carboxylic acids is 1. The SMILES string of the molecule is O=C1CN(CC2CCCN2)c2ncccc2N1. The van der Waals surface area contributed by atoms with Crippen LogP contribution in [-0.2, 0) is 4.79 Å². The minimum absolute atomic E-state index is 0.0449. The molecule has 0 spiro atoms. The van der Waals surface area contributed by atoms with E-state index >= 15 is 0 Å². The summed E-state index contributed by atoms with van der Waals surface area (Å²) in [7, 11) is 0. The molecule has 1 amide bonds. The molecule has 17 heavy (non-hydrogen) atoms. The lowest BCUT2D eigenvalue weighted by molar-refractivity contribution is -0.115. The Bertz CT molecular complexity index is 428. The Balaban J connectivity index is 1.81. The van der Waals surface area contributed by atoms with E-state index in [9.17, 15) is 4.79 Å². The normalized spacial score (nSPS) is 23.4. The van der Waals surface area contributed by atoms with Crippen molar-refractivity contribution < 1.29 is 4.79 Å². The van der Waals surface area contributed by atoms with Crippen molar-refractivity contribution in [1.82, 2.24) is 10.3 Å². The monoisotopic (exact) mass is 232 g/mol. The van der Waals surface area contributed by atoms with E-state index in [1.54, 1.807) is 6.20 Å². The zero-order valence-electron chi connectivity index (χ0n) is 9.65. The van der Waals surface area contributed by atoms with E-state index in [1.165, 1.54) is 12.8 Å². The van der Waals surface area contributed by atoms with Gasteiger partial charge < -0.3 is 15.5 Å². The second-order valence-corrected chi connectivity index (χ2v) is 4.60. The van der Waals surface area contributed by atoms with E-state index in [1.807, 2.05) is 12.1 Å². The summed E-state index contributed by atoms with van der Waals surface area (Å²) in [5, 5.41) is 6.30. The Morgan fingerprint density at radius 1 is 1.53 bits per heavy atom. The van der Waals surface area contributed by atoms with Crippen molar-refractivity contribution in [3.05, 3.63) is 18.3 Å². The maximum absolute atomic E-state index is 11.6. The third kappa shape index (κ3) is 2.10. The summed E-state index contributed by atoms with van der Waals surface area (Å²) in [4.78, 5) is 18.0. The van der Waals surface area contributed by atoms with Gasteiger partial charge in [0.2, 0.25) is 5.91 Å². The summed E-state index contributed by atoms with van der Waals surface area (Å²) in [6.07, 6.45) is 4.17. The van der Waals surface area contributed by atoms with Crippen molar-refractivity contribution in [2.45, 2.75) is 18.9 Å². The molecule has 0 aromatic carbocycles. The fourth-order valence-electron chi connectivity index (χ4n) is 2.51. The Morgan fingerprint density at radius 2 is 2.47 bits per heavy atom. The van der Waals surface area contributed by atoms with Gasteiger partial charge in [-0.2, -0.15) is 0 Å². The fraction of sp³-hybridized carbons (Fsp3) is 0.500. The molecule has 2 aliphatic rings. The highest BCUT2D eigenvalue weighted by Gasteiger charge is 2.26. The lowest BCUT2D eigenvalue weighted by Gasteiger charge is -2.31. The summed E-state index contributed by atoms with van der Waals surface area (Å²) in [6.45, 7) is 2.35. The third-order valence-corrected chi connectivity index (χ3v) is 3.30. The highest BCUT2D eigenvalue weighted by molar-refractivity contribution is 6.00. The van der Waals surface area contributed by atoms with Crippen LogP contribution in [0.15, 0.2) is 18.3 Å². The largest absolute Gasteiger partial charge is 0.344 e. The predicted octanol–water partition coefficient (Wildman–Crippen LogP) is 0.592. The number of amides is 1. The molecule has 2 aliphatic heterocycles. The molecule has 1 saturated heterocycles. The minimum Gasteiger partial charge on any atom is -0.344 e. The summed E-state index contributed by atoms with van der Waals surface area (Å²) in [5.74, 6) is 0.935. The van der Waals surface area contributed by atoms with E-state index < -0.39 is 0 Å². The number of fused-ring (bicyclic) bond motifs is 1. The van der Waals surface area contributed by atoms with Gasteiger partial charge in [0.05, 0.1) is 12.2 Å². The number of nitrogens with zero attached hydrogens (tertiary/aromatic N) is 2. The molecule has 0 radical (unpaired) electrons. The lowest BCUT2D eigenvalue weighted by atomic mass is 10.2. The second kappa shape index (κ2) is 4.33. The van der Waals surface area contributed by atoms with Crippen molar-refractivity contribution in [2.24, 2.45) is 0 Å². The predicted molar refractivity (Wildman–Crippen MR) is 66.1 cm³/mol. The topological polar surface area (TPSA) is 57.3 Å². The number of hydrogen-bond acceptors (Lipinski definition) is 4. The first-order chi connectivity index (χ1) is 8.33. The molecule has 1 atom stereocenters. The van der Waals surface area contributed by atoms with E-state index in [2.05, 4.69) is 20.5 Å². The molecule has 1 unspecified atom stereocenters. The van der Waals surface area contributed by atoms with E-state index in [0.29, 0.717) is 12.6 Å². The minimum atomic E-state index is 0.0449. The first-order valence-corrected chi connectivity index (χ1v) is 6.06. The number of rotatable bonds is 2. The van der Waals surface area contributed by atoms with Crippen LogP contribution in [0.5, 0.6) is 0 Å². The molecule has 1 aromatic rings. The molecule has 90 valence electrons. The van der Waals surface area contributed by atoms with Crippen LogP contribution < -0.4 is 15.5 Å². The van der Waals surface area contributed by atoms with Crippen molar-refractivity contribution in [2.75, 3.05) is 29.9 Å². The third-order valence-electron chi connectivity index (χ3n) is 3.30. The molecule has 1 aromatic heterocycles. The van der Waals surface area contributed by atoms with Crippen LogP contribution in [0.3, 0.4) is 0 Å². The van der Waals surface area contributed by atoms with Gasteiger partial charge in [0.15, 0.2) is 5.82 Å². The van der Waals surface area contributed by atoms with Gasteiger partial charge in [-0.05, 0) is 31.5 Å². The molecule has 0 saturated carbocycles. The average molecular weight is 232 g/mol. The molecule has 1 fully saturated rings. The number of carbonyl (C=O) groups is 1. The number of nitrogens with one attached hydrogen (secondary N) is 2. The van der Waals surface area contributed by atoms with E-state index in [0.717, 1.165) is 24.6 Å². The van der Waals surface area contributed by atoms with Gasteiger partial charge >= 0.3 is 0 Å². The van der Waals surface area contributed by atoms with Crippen LogP contribution in [0.4, 0.5) is 11.5 Å². The molecule has 0 aliphatic carbocycles. The maximum Gasteiger partial charge on any atom is 0.244 e. The fourth-order valence-corrected chi connectivity index (χ4v) is 2.51. The highest BCUT2D eigenvalue weighted by Crippen LogP contribution is 2.26. The van der Waals surface area contributed by atoms with Crippen LogP contribution in [-0.4, -0.2) is 36.6 Å². The maximum atomic E-state index is 11.6. The molecular weight excluding hydrogens is 216 g/mol. The van der Waals surface area contributed by atoms with Crippen LogP contribution >= 0.6 is 0 Å². The van der Waals surface area contributed by atoms with Crippen molar-refractivity contribution in [1.29, 1.82) is 0 Å². The quantitative estimate of drug-likeness (QED) is 0.783. The van der Waals surface area contributed by atoms with Gasteiger partial charge in [-0.3, -0.25) is 4.79 Å². The molecule has 5 heteroatoms. The lowest BCUT2D eigenvalue weighted by Crippen LogP contribution is -2.45. The Kier molecular flexibility index (Phi) is 2.68. The smallest absolute Gasteiger partial charge is 0.244 e. The summed E-state index contributed by atoms with van der Waals surface area (Å²) in [6, 6.07) is 4.22. The molecule has 2 N–H and O–H groups in total.